The summed E-state index contributed by atoms with van der Waals surface area (Å²) in [5.41, 5.74) is 6.22. The molecule has 0 amide bonds. The zero-order chi connectivity index (χ0) is 12.5. The van der Waals surface area contributed by atoms with E-state index < -0.39 is 5.60 Å². The minimum atomic E-state index is -0.562. The number of nitrogens with two attached hydrogens (primary N) is 1. The largest absolute Gasteiger partial charge is 0.388 e. The fraction of sp³-hybridized carbons (Fsp3) is 0.667. The molecule has 1 aromatic rings. The van der Waals surface area contributed by atoms with Gasteiger partial charge in [-0.1, -0.05) is 13.8 Å². The highest BCUT2D eigenvalue weighted by atomic mass is 16.3. The molecule has 5 heteroatoms. The first-order valence-corrected chi connectivity index (χ1v) is 6.08. The predicted molar refractivity (Wildman–Crippen MR) is 67.8 cm³/mol. The normalized spacial score (nSPS) is 17.9. The van der Waals surface area contributed by atoms with E-state index in [0.717, 1.165) is 30.6 Å². The second-order valence-electron chi connectivity index (χ2n) is 5.11. The highest BCUT2D eigenvalue weighted by molar-refractivity contribution is 5.56. The number of nitrogens with zero attached hydrogens (tertiary/aromatic N) is 2. The van der Waals surface area contributed by atoms with Crippen LogP contribution in [0.1, 0.15) is 44.6 Å². The van der Waals surface area contributed by atoms with E-state index in [1.54, 1.807) is 0 Å². The minimum Gasteiger partial charge on any atom is -0.388 e. The zero-order valence-corrected chi connectivity index (χ0v) is 10.4. The number of anilines is 2. The number of nitrogens with one attached hydrogen (secondary N) is 1. The van der Waals surface area contributed by atoms with Crippen LogP contribution in [0.5, 0.6) is 0 Å². The van der Waals surface area contributed by atoms with E-state index in [1.807, 2.05) is 0 Å². The first kappa shape index (κ1) is 12.1. The smallest absolute Gasteiger partial charge is 0.135 e. The average molecular weight is 236 g/mol. The molecule has 0 bridgehead atoms. The third-order valence-electron chi connectivity index (χ3n) is 3.36. The molecule has 4 N–H and O–H groups in total. The molecule has 1 aliphatic carbocycles. The molecule has 0 unspecified atom stereocenters. The van der Waals surface area contributed by atoms with E-state index in [0.29, 0.717) is 12.4 Å². The molecule has 0 aromatic carbocycles. The quantitative estimate of drug-likeness (QED) is 0.738. The Morgan fingerprint density at radius 2 is 2.18 bits per heavy atom. The molecule has 0 spiro atoms. The molecule has 1 heterocycles. The minimum absolute atomic E-state index is 0.259. The van der Waals surface area contributed by atoms with Crippen LogP contribution in [0, 0.1) is 0 Å². The first-order chi connectivity index (χ1) is 8.02. The molecular formula is C12H20N4O. The van der Waals surface area contributed by atoms with Crippen molar-refractivity contribution in [2.45, 2.75) is 44.6 Å². The molecule has 0 radical (unpaired) electrons. The second-order valence-corrected chi connectivity index (χ2v) is 5.11. The van der Waals surface area contributed by atoms with Crippen LogP contribution in [-0.2, 0) is 0 Å². The van der Waals surface area contributed by atoms with Crippen LogP contribution >= 0.6 is 0 Å². The number of hydrogen-bond donors (Lipinski definition) is 3. The maximum atomic E-state index is 10.0. The summed E-state index contributed by atoms with van der Waals surface area (Å²) < 4.78 is 0. The SMILES string of the molecule is CC(C)c1c(N)ncnc1NCC1(O)CCC1. The van der Waals surface area contributed by atoms with Crippen LogP contribution in [0.15, 0.2) is 6.33 Å². The third kappa shape index (κ3) is 2.49. The Kier molecular flexibility index (Phi) is 3.19. The van der Waals surface area contributed by atoms with Gasteiger partial charge in [0.15, 0.2) is 0 Å². The van der Waals surface area contributed by atoms with Gasteiger partial charge in [-0.25, -0.2) is 9.97 Å². The van der Waals surface area contributed by atoms with Crippen molar-refractivity contribution in [1.29, 1.82) is 0 Å². The molecule has 1 aromatic heterocycles. The van der Waals surface area contributed by atoms with Gasteiger partial charge in [0.2, 0.25) is 0 Å². The van der Waals surface area contributed by atoms with Crippen molar-refractivity contribution in [3.8, 4) is 0 Å². The first-order valence-electron chi connectivity index (χ1n) is 6.08. The third-order valence-corrected chi connectivity index (χ3v) is 3.36. The summed E-state index contributed by atoms with van der Waals surface area (Å²) in [5, 5.41) is 13.2. The van der Waals surface area contributed by atoms with Gasteiger partial charge in [-0.2, -0.15) is 0 Å². The van der Waals surface area contributed by atoms with E-state index >= 15 is 0 Å². The summed E-state index contributed by atoms with van der Waals surface area (Å²) in [6.07, 6.45) is 4.27. The molecule has 17 heavy (non-hydrogen) atoms. The maximum Gasteiger partial charge on any atom is 0.135 e. The Bertz CT molecular complexity index is 401. The van der Waals surface area contributed by atoms with Gasteiger partial charge in [0, 0.05) is 12.1 Å². The predicted octanol–water partition coefficient (Wildman–Crippen LogP) is 1.51. The van der Waals surface area contributed by atoms with Crippen LogP contribution in [0.3, 0.4) is 0 Å². The van der Waals surface area contributed by atoms with Crippen LogP contribution in [0.4, 0.5) is 11.6 Å². The molecule has 0 saturated heterocycles. The molecule has 94 valence electrons. The second kappa shape index (κ2) is 4.49. The van der Waals surface area contributed by atoms with Crippen molar-refractivity contribution in [2.24, 2.45) is 0 Å². The van der Waals surface area contributed by atoms with Crippen LogP contribution in [-0.4, -0.2) is 27.2 Å². The van der Waals surface area contributed by atoms with E-state index in [1.165, 1.54) is 6.33 Å². The molecule has 1 saturated carbocycles. The van der Waals surface area contributed by atoms with Crippen molar-refractivity contribution < 1.29 is 5.11 Å². The summed E-state index contributed by atoms with van der Waals surface area (Å²) in [7, 11) is 0. The summed E-state index contributed by atoms with van der Waals surface area (Å²) in [5.74, 6) is 1.51. The maximum absolute atomic E-state index is 10.0. The fourth-order valence-corrected chi connectivity index (χ4v) is 2.13. The number of nitrogen functional groups attached to an aromatic ring is 1. The highest BCUT2D eigenvalue weighted by Crippen LogP contribution is 2.33. The molecule has 0 aliphatic heterocycles. The van der Waals surface area contributed by atoms with Gasteiger partial charge in [-0.05, 0) is 25.2 Å². The average Bonchev–Trinajstić information content (AvgIpc) is 2.23. The molecule has 2 rings (SSSR count). The number of aromatic nitrogens is 2. The molecular weight excluding hydrogens is 216 g/mol. The van der Waals surface area contributed by atoms with Gasteiger partial charge in [-0.3, -0.25) is 0 Å². The van der Waals surface area contributed by atoms with Crippen molar-refractivity contribution in [3.63, 3.8) is 0 Å². The van der Waals surface area contributed by atoms with Crippen molar-refractivity contribution in [2.75, 3.05) is 17.6 Å². The van der Waals surface area contributed by atoms with Crippen molar-refractivity contribution in [1.82, 2.24) is 9.97 Å². The Labute approximate surface area is 101 Å². The lowest BCUT2D eigenvalue weighted by molar-refractivity contribution is -0.0202. The van der Waals surface area contributed by atoms with Gasteiger partial charge in [0.25, 0.3) is 0 Å². The molecule has 1 aliphatic rings. The van der Waals surface area contributed by atoms with E-state index in [4.69, 9.17) is 5.73 Å². The number of hydrogen-bond acceptors (Lipinski definition) is 5. The van der Waals surface area contributed by atoms with Gasteiger partial charge in [-0.15, -0.1) is 0 Å². The monoisotopic (exact) mass is 236 g/mol. The van der Waals surface area contributed by atoms with Crippen molar-refractivity contribution in [3.05, 3.63) is 11.9 Å². The van der Waals surface area contributed by atoms with E-state index in [2.05, 4.69) is 29.1 Å². The standard InChI is InChI=1S/C12H20N4O/c1-8(2)9-10(13)15-7-16-11(9)14-6-12(17)4-3-5-12/h7-8,17H,3-6H2,1-2H3,(H3,13,14,15,16). The molecule has 0 atom stereocenters. The lowest BCUT2D eigenvalue weighted by atomic mass is 9.80. The summed E-state index contributed by atoms with van der Waals surface area (Å²) in [6, 6.07) is 0. The zero-order valence-electron chi connectivity index (χ0n) is 10.4. The van der Waals surface area contributed by atoms with Gasteiger partial charge < -0.3 is 16.2 Å². The Hall–Kier alpha value is -1.36. The van der Waals surface area contributed by atoms with E-state index in [-0.39, 0.29) is 5.92 Å². The Morgan fingerprint density at radius 3 is 2.71 bits per heavy atom. The number of rotatable bonds is 4. The number of aliphatic hydroxyl groups is 1. The Morgan fingerprint density at radius 1 is 1.47 bits per heavy atom. The van der Waals surface area contributed by atoms with Gasteiger partial charge in [0.05, 0.1) is 5.60 Å². The summed E-state index contributed by atoms with van der Waals surface area (Å²) >= 11 is 0. The van der Waals surface area contributed by atoms with E-state index in [9.17, 15) is 5.11 Å². The summed E-state index contributed by atoms with van der Waals surface area (Å²) in [6.45, 7) is 4.64. The van der Waals surface area contributed by atoms with Crippen LogP contribution in [0.25, 0.3) is 0 Å². The lowest BCUT2D eigenvalue weighted by Gasteiger charge is -2.37. The fourth-order valence-electron chi connectivity index (χ4n) is 2.13. The highest BCUT2D eigenvalue weighted by Gasteiger charge is 2.34. The Balaban J connectivity index is 2.12. The van der Waals surface area contributed by atoms with Crippen LogP contribution < -0.4 is 11.1 Å². The van der Waals surface area contributed by atoms with Crippen molar-refractivity contribution >= 4 is 11.6 Å². The summed E-state index contributed by atoms with van der Waals surface area (Å²) in [4.78, 5) is 8.21. The van der Waals surface area contributed by atoms with Crippen LogP contribution in [0.2, 0.25) is 0 Å². The molecule has 1 fully saturated rings. The molecule has 5 nitrogen and oxygen atoms in total. The van der Waals surface area contributed by atoms with Gasteiger partial charge in [0.1, 0.15) is 18.0 Å². The topological polar surface area (TPSA) is 84.1 Å². The lowest BCUT2D eigenvalue weighted by Crippen LogP contribution is -2.43. The van der Waals surface area contributed by atoms with Gasteiger partial charge >= 0.3 is 0 Å².